The Morgan fingerprint density at radius 1 is 1.07 bits per heavy atom. The monoisotopic (exact) mass is 620 g/mol. The Hall–Kier alpha value is -4.41. The number of hydrogen-bond acceptors (Lipinski definition) is 7. The summed E-state index contributed by atoms with van der Waals surface area (Å²) >= 11 is 12.0. The van der Waals surface area contributed by atoms with Gasteiger partial charge in [0.05, 0.1) is 33.3 Å². The number of nitrogens with one attached hydrogen (secondary N) is 1. The van der Waals surface area contributed by atoms with Crippen LogP contribution in [0.3, 0.4) is 0 Å². The molecule has 3 aromatic carbocycles. The number of aryl methyl sites for hydroxylation is 1. The second kappa shape index (κ2) is 12.4. The summed E-state index contributed by atoms with van der Waals surface area (Å²) in [6, 6.07) is 16.3. The summed E-state index contributed by atoms with van der Waals surface area (Å²) in [5.41, 5.74) is 3.14. The molecule has 1 saturated heterocycles. The second-order valence-corrected chi connectivity index (χ2v) is 11.0. The van der Waals surface area contributed by atoms with Gasteiger partial charge >= 0.3 is 6.09 Å². The van der Waals surface area contributed by atoms with Gasteiger partial charge in [0.25, 0.3) is 0 Å². The predicted molar refractivity (Wildman–Crippen MR) is 163 cm³/mol. The highest BCUT2D eigenvalue weighted by Gasteiger charge is 2.26. The zero-order valence-electron chi connectivity index (χ0n) is 23.1. The van der Waals surface area contributed by atoms with Gasteiger partial charge < -0.3 is 24.3 Å². The fraction of sp³-hybridized carbons (Fsp3) is 0.226. The zero-order valence-corrected chi connectivity index (χ0v) is 24.6. The van der Waals surface area contributed by atoms with Gasteiger partial charge in [-0.3, -0.25) is 0 Å². The number of likely N-dealkylation sites (tertiary alicyclic amines) is 1. The molecule has 0 atom stereocenters. The molecule has 0 saturated carbocycles. The number of nitrogens with zero attached hydrogens (tertiary/aromatic N) is 5. The van der Waals surface area contributed by atoms with Gasteiger partial charge in [0.2, 0.25) is 0 Å². The van der Waals surface area contributed by atoms with Gasteiger partial charge in [0.15, 0.2) is 5.82 Å². The summed E-state index contributed by atoms with van der Waals surface area (Å²) in [7, 11) is 1.89. The number of piperidine rings is 1. The third kappa shape index (κ3) is 6.35. The van der Waals surface area contributed by atoms with E-state index in [1.54, 1.807) is 11.2 Å². The summed E-state index contributed by atoms with van der Waals surface area (Å²) in [5, 5.41) is 3.57. The predicted octanol–water partition coefficient (Wildman–Crippen LogP) is 7.40. The molecule has 1 aliphatic rings. The molecule has 43 heavy (non-hydrogen) atoms. The maximum Gasteiger partial charge on any atom is 0.410 e. The molecular weight excluding hydrogens is 594 g/mol. The first-order valence-corrected chi connectivity index (χ1v) is 14.4. The molecule has 3 heterocycles. The molecule has 1 N–H and O–H groups in total. The summed E-state index contributed by atoms with van der Waals surface area (Å²) in [4.78, 5) is 27.7. The first kappa shape index (κ1) is 28.7. The number of carbonyl (C=O) groups excluding carboxylic acids is 1. The number of amides is 1. The van der Waals surface area contributed by atoms with E-state index in [-0.39, 0.29) is 34.5 Å². The molecule has 5 aromatic rings. The molecule has 0 unspecified atom stereocenters. The molecule has 220 valence electrons. The van der Waals surface area contributed by atoms with Crippen molar-refractivity contribution in [2.24, 2.45) is 7.05 Å². The van der Waals surface area contributed by atoms with Crippen LogP contribution in [0.1, 0.15) is 18.4 Å². The van der Waals surface area contributed by atoms with Crippen LogP contribution in [0.2, 0.25) is 10.0 Å². The lowest BCUT2D eigenvalue weighted by atomic mass is 10.1. The van der Waals surface area contributed by atoms with Crippen LogP contribution in [-0.4, -0.2) is 49.7 Å². The van der Waals surface area contributed by atoms with Crippen LogP contribution in [0.4, 0.5) is 20.7 Å². The van der Waals surface area contributed by atoms with Crippen molar-refractivity contribution in [3.8, 4) is 17.0 Å². The quantitative estimate of drug-likeness (QED) is 0.189. The third-order valence-corrected chi connectivity index (χ3v) is 7.99. The summed E-state index contributed by atoms with van der Waals surface area (Å²) in [6.07, 6.45) is 5.73. The summed E-state index contributed by atoms with van der Waals surface area (Å²) in [6.45, 7) is 1.22. The van der Waals surface area contributed by atoms with E-state index in [1.807, 2.05) is 60.3 Å². The minimum atomic E-state index is -0.684. The van der Waals surface area contributed by atoms with Crippen molar-refractivity contribution in [1.29, 1.82) is 0 Å². The van der Waals surface area contributed by atoms with Crippen molar-refractivity contribution in [1.82, 2.24) is 24.4 Å². The van der Waals surface area contributed by atoms with E-state index in [1.165, 1.54) is 18.5 Å². The smallest absolute Gasteiger partial charge is 0.410 e. The minimum Gasteiger partial charge on any atom is -0.490 e. The van der Waals surface area contributed by atoms with Crippen LogP contribution in [0.15, 0.2) is 73.4 Å². The number of hydrogen-bond donors (Lipinski definition) is 1. The Bertz CT molecular complexity index is 1780. The second-order valence-electron chi connectivity index (χ2n) is 10.2. The lowest BCUT2D eigenvalue weighted by Gasteiger charge is -2.32. The van der Waals surface area contributed by atoms with Gasteiger partial charge in [-0.25, -0.2) is 24.1 Å². The highest BCUT2D eigenvalue weighted by Crippen LogP contribution is 2.38. The number of aromatic nitrogens is 4. The first-order valence-electron chi connectivity index (χ1n) is 13.7. The van der Waals surface area contributed by atoms with Gasteiger partial charge in [0.1, 0.15) is 30.6 Å². The van der Waals surface area contributed by atoms with Crippen LogP contribution >= 0.6 is 23.2 Å². The molecule has 1 amide bonds. The van der Waals surface area contributed by atoms with E-state index >= 15 is 0 Å². The van der Waals surface area contributed by atoms with Gasteiger partial charge in [-0.05, 0) is 29.8 Å². The molecule has 2 aromatic heterocycles. The number of carbonyl (C=O) groups is 1. The number of imidazole rings is 1. The Morgan fingerprint density at radius 3 is 2.60 bits per heavy atom. The van der Waals surface area contributed by atoms with Crippen LogP contribution < -0.4 is 10.1 Å². The number of ether oxygens (including phenoxy) is 2. The Balaban J connectivity index is 1.23. The van der Waals surface area contributed by atoms with Crippen LogP contribution in [-0.2, 0) is 18.4 Å². The van der Waals surface area contributed by atoms with Gasteiger partial charge in [-0.1, -0.05) is 53.5 Å². The minimum absolute atomic E-state index is 0.114. The lowest BCUT2D eigenvalue weighted by Crippen LogP contribution is -2.42. The van der Waals surface area contributed by atoms with Gasteiger partial charge in [-0.2, -0.15) is 0 Å². The van der Waals surface area contributed by atoms with Crippen molar-refractivity contribution in [2.75, 3.05) is 18.4 Å². The van der Waals surface area contributed by atoms with Crippen molar-refractivity contribution < 1.29 is 18.7 Å². The van der Waals surface area contributed by atoms with Crippen LogP contribution in [0.5, 0.6) is 5.75 Å². The van der Waals surface area contributed by atoms with Gasteiger partial charge in [-0.15, -0.1) is 0 Å². The number of anilines is 2. The molecule has 6 rings (SSSR count). The summed E-state index contributed by atoms with van der Waals surface area (Å²) in [5.74, 6) is 0.260. The molecule has 12 heteroatoms. The molecule has 1 aliphatic heterocycles. The zero-order chi connectivity index (χ0) is 29.9. The number of rotatable bonds is 7. The Kier molecular flexibility index (Phi) is 8.31. The molecular formula is C31H27Cl2FN6O3. The topological polar surface area (TPSA) is 94.4 Å². The first-order chi connectivity index (χ1) is 20.9. The van der Waals surface area contributed by atoms with Crippen molar-refractivity contribution in [3.05, 3.63) is 94.9 Å². The van der Waals surface area contributed by atoms with Crippen molar-refractivity contribution in [2.45, 2.75) is 25.6 Å². The van der Waals surface area contributed by atoms with E-state index in [4.69, 9.17) is 32.7 Å². The number of halogens is 3. The van der Waals surface area contributed by atoms with E-state index in [0.29, 0.717) is 54.1 Å². The molecule has 0 aliphatic carbocycles. The molecule has 1 fully saturated rings. The van der Waals surface area contributed by atoms with E-state index < -0.39 is 5.82 Å². The fourth-order valence-electron chi connectivity index (χ4n) is 4.93. The molecule has 0 spiro atoms. The average molecular weight is 622 g/mol. The van der Waals surface area contributed by atoms with E-state index in [2.05, 4.69) is 20.3 Å². The number of fused-ring (bicyclic) bond motifs is 1. The molecule has 9 nitrogen and oxygen atoms in total. The van der Waals surface area contributed by atoms with E-state index in [0.717, 1.165) is 11.1 Å². The van der Waals surface area contributed by atoms with Crippen molar-refractivity contribution in [3.63, 3.8) is 0 Å². The van der Waals surface area contributed by atoms with E-state index in [9.17, 15) is 9.18 Å². The third-order valence-electron chi connectivity index (χ3n) is 7.20. The maximum atomic E-state index is 14.9. The number of benzene rings is 3. The largest absolute Gasteiger partial charge is 0.490 e. The van der Waals surface area contributed by atoms with Gasteiger partial charge in [0, 0.05) is 50.1 Å². The van der Waals surface area contributed by atoms with Crippen LogP contribution in [0, 0.1) is 5.82 Å². The fourth-order valence-corrected chi connectivity index (χ4v) is 5.24. The molecule has 0 bridgehead atoms. The van der Waals surface area contributed by atoms with Crippen molar-refractivity contribution >= 4 is 51.7 Å². The Morgan fingerprint density at radius 2 is 1.86 bits per heavy atom. The maximum absolute atomic E-state index is 14.9. The highest BCUT2D eigenvalue weighted by molar-refractivity contribution is 6.42. The SMILES string of the molecule is Cn1cnc(-c2cc3ncnc(Nc4ccc(Cl)c(Cl)c4F)c3cc2OC2CCN(C(=O)OCc3ccccc3)CC2)c1. The molecule has 0 radical (unpaired) electrons. The Labute approximate surface area is 257 Å². The average Bonchev–Trinajstić information content (AvgIpc) is 3.47. The standard InChI is InChI=1S/C31H27Cl2FN6O3/c1-39-15-26(37-18-39)21-13-25-22(30(36-17-35-25)38-24-8-7-23(32)28(33)29(24)34)14-27(21)43-20-9-11-40(12-10-20)31(41)42-16-19-5-3-2-4-6-19/h2-8,13-15,17-18,20H,9-12,16H2,1H3,(H,35,36,38). The highest BCUT2D eigenvalue weighted by atomic mass is 35.5. The summed E-state index contributed by atoms with van der Waals surface area (Å²) < 4.78 is 28.8. The van der Waals surface area contributed by atoms with Crippen LogP contribution in [0.25, 0.3) is 22.2 Å². The normalized spacial score (nSPS) is 13.7. The lowest BCUT2D eigenvalue weighted by molar-refractivity contribution is 0.0640.